The van der Waals surface area contributed by atoms with Gasteiger partial charge in [0.25, 0.3) is 0 Å². The molecule has 1 atom stereocenters. The van der Waals surface area contributed by atoms with Crippen molar-refractivity contribution in [2.75, 3.05) is 13.2 Å². The molecule has 0 bridgehead atoms. The minimum atomic E-state index is -0.785. The lowest BCUT2D eigenvalue weighted by molar-refractivity contribution is 0.0535. The van der Waals surface area contributed by atoms with Crippen molar-refractivity contribution in [1.29, 1.82) is 0 Å². The fraction of sp³-hybridized carbons (Fsp3) is 0.625. The Bertz CT molecular complexity index is 394. The minimum absolute atomic E-state index is 0.0688. The van der Waals surface area contributed by atoms with E-state index in [2.05, 4.69) is 26.8 Å². The maximum atomic E-state index is 9.82. The molecule has 0 aliphatic carbocycles. The van der Waals surface area contributed by atoms with Gasteiger partial charge in [-0.05, 0) is 36.8 Å². The SMILES string of the molecule is CC(O)(CN)CCCOc1ccccc1C(C)(C)C. The molecule has 0 spiro atoms. The van der Waals surface area contributed by atoms with Gasteiger partial charge in [0.2, 0.25) is 0 Å². The highest BCUT2D eigenvalue weighted by atomic mass is 16.5. The van der Waals surface area contributed by atoms with Crippen LogP contribution in [0.2, 0.25) is 0 Å². The number of rotatable bonds is 6. The zero-order valence-corrected chi connectivity index (χ0v) is 12.6. The Morgan fingerprint density at radius 1 is 1.16 bits per heavy atom. The van der Waals surface area contributed by atoms with Gasteiger partial charge < -0.3 is 15.6 Å². The number of benzene rings is 1. The zero-order valence-electron chi connectivity index (χ0n) is 12.6. The third-order valence-corrected chi connectivity index (χ3v) is 3.25. The van der Waals surface area contributed by atoms with Crippen molar-refractivity contribution in [1.82, 2.24) is 0 Å². The van der Waals surface area contributed by atoms with Crippen LogP contribution < -0.4 is 10.5 Å². The van der Waals surface area contributed by atoms with E-state index in [0.29, 0.717) is 13.0 Å². The van der Waals surface area contributed by atoms with Gasteiger partial charge in [-0.3, -0.25) is 0 Å². The van der Waals surface area contributed by atoms with Crippen molar-refractivity contribution >= 4 is 0 Å². The third kappa shape index (κ3) is 5.21. The molecular formula is C16H27NO2. The number of nitrogens with two attached hydrogens (primary N) is 1. The number of aliphatic hydroxyl groups is 1. The summed E-state index contributed by atoms with van der Waals surface area (Å²) in [5, 5.41) is 9.82. The first-order valence-corrected chi connectivity index (χ1v) is 6.91. The summed E-state index contributed by atoms with van der Waals surface area (Å²) in [5.74, 6) is 0.933. The summed E-state index contributed by atoms with van der Waals surface area (Å²) in [6.07, 6.45) is 1.45. The Labute approximate surface area is 116 Å². The Morgan fingerprint density at radius 2 is 1.79 bits per heavy atom. The van der Waals surface area contributed by atoms with Crippen LogP contribution in [-0.2, 0) is 5.41 Å². The van der Waals surface area contributed by atoms with E-state index in [4.69, 9.17) is 10.5 Å². The molecule has 0 aliphatic heterocycles. The van der Waals surface area contributed by atoms with Crippen LogP contribution in [0, 0.1) is 0 Å². The van der Waals surface area contributed by atoms with Crippen molar-refractivity contribution in [2.45, 2.75) is 51.6 Å². The quantitative estimate of drug-likeness (QED) is 0.778. The highest BCUT2D eigenvalue weighted by Gasteiger charge is 2.19. The summed E-state index contributed by atoms with van der Waals surface area (Å²) in [6.45, 7) is 9.17. The van der Waals surface area contributed by atoms with Gasteiger partial charge >= 0.3 is 0 Å². The second-order valence-corrected chi connectivity index (χ2v) is 6.40. The monoisotopic (exact) mass is 265 g/mol. The van der Waals surface area contributed by atoms with Crippen molar-refractivity contribution in [3.63, 3.8) is 0 Å². The Hall–Kier alpha value is -1.06. The van der Waals surface area contributed by atoms with E-state index in [1.54, 1.807) is 6.92 Å². The topological polar surface area (TPSA) is 55.5 Å². The molecule has 0 aromatic heterocycles. The van der Waals surface area contributed by atoms with Gasteiger partial charge in [-0.2, -0.15) is 0 Å². The lowest BCUT2D eigenvalue weighted by Crippen LogP contribution is -2.34. The normalized spacial score (nSPS) is 15.1. The van der Waals surface area contributed by atoms with E-state index in [-0.39, 0.29) is 12.0 Å². The van der Waals surface area contributed by atoms with E-state index < -0.39 is 5.60 Å². The van der Waals surface area contributed by atoms with Crippen molar-refractivity contribution in [3.05, 3.63) is 29.8 Å². The van der Waals surface area contributed by atoms with E-state index in [9.17, 15) is 5.11 Å². The van der Waals surface area contributed by atoms with Gasteiger partial charge in [0.15, 0.2) is 0 Å². The number of para-hydroxylation sites is 1. The van der Waals surface area contributed by atoms with E-state index in [0.717, 1.165) is 12.2 Å². The molecule has 0 fully saturated rings. The maximum Gasteiger partial charge on any atom is 0.123 e. The minimum Gasteiger partial charge on any atom is -0.493 e. The van der Waals surface area contributed by atoms with Gasteiger partial charge in [0, 0.05) is 6.54 Å². The molecule has 0 saturated heterocycles. The largest absolute Gasteiger partial charge is 0.493 e. The molecule has 0 amide bonds. The van der Waals surface area contributed by atoms with Crippen molar-refractivity contribution < 1.29 is 9.84 Å². The highest BCUT2D eigenvalue weighted by Crippen LogP contribution is 2.31. The fourth-order valence-corrected chi connectivity index (χ4v) is 1.95. The molecule has 0 heterocycles. The second kappa shape index (κ2) is 6.40. The molecule has 19 heavy (non-hydrogen) atoms. The predicted molar refractivity (Wildman–Crippen MR) is 79.5 cm³/mol. The van der Waals surface area contributed by atoms with Gasteiger partial charge in [-0.25, -0.2) is 0 Å². The molecule has 3 heteroatoms. The van der Waals surface area contributed by atoms with Gasteiger partial charge in [-0.1, -0.05) is 39.0 Å². The lowest BCUT2D eigenvalue weighted by atomic mass is 9.86. The molecule has 0 aliphatic rings. The summed E-state index contributed by atoms with van der Waals surface area (Å²) in [4.78, 5) is 0. The summed E-state index contributed by atoms with van der Waals surface area (Å²) < 4.78 is 5.85. The van der Waals surface area contributed by atoms with Crippen LogP contribution in [0.3, 0.4) is 0 Å². The molecule has 3 N–H and O–H groups in total. The smallest absolute Gasteiger partial charge is 0.123 e. The number of ether oxygens (including phenoxy) is 1. The first-order valence-electron chi connectivity index (χ1n) is 6.91. The van der Waals surface area contributed by atoms with Crippen molar-refractivity contribution in [3.8, 4) is 5.75 Å². The maximum absolute atomic E-state index is 9.82. The molecule has 1 rings (SSSR count). The van der Waals surface area contributed by atoms with Crippen molar-refractivity contribution in [2.24, 2.45) is 5.73 Å². The van der Waals surface area contributed by atoms with E-state index in [1.807, 2.05) is 18.2 Å². The second-order valence-electron chi connectivity index (χ2n) is 6.40. The summed E-state index contributed by atoms with van der Waals surface area (Å²) >= 11 is 0. The van der Waals surface area contributed by atoms with Gasteiger partial charge in [0.05, 0.1) is 12.2 Å². The third-order valence-electron chi connectivity index (χ3n) is 3.25. The molecule has 1 unspecified atom stereocenters. The van der Waals surface area contributed by atoms with E-state index in [1.165, 1.54) is 5.56 Å². The van der Waals surface area contributed by atoms with Crippen LogP contribution in [0.15, 0.2) is 24.3 Å². The Kier molecular flexibility index (Phi) is 5.39. The average molecular weight is 265 g/mol. The first kappa shape index (κ1) is 16.0. The van der Waals surface area contributed by atoms with Gasteiger partial charge in [-0.15, -0.1) is 0 Å². The van der Waals surface area contributed by atoms with Gasteiger partial charge in [0.1, 0.15) is 5.75 Å². The molecule has 0 radical (unpaired) electrons. The van der Waals surface area contributed by atoms with Crippen LogP contribution in [0.4, 0.5) is 0 Å². The molecule has 3 nitrogen and oxygen atoms in total. The highest BCUT2D eigenvalue weighted by molar-refractivity contribution is 5.38. The van der Waals surface area contributed by atoms with Crippen LogP contribution in [0.1, 0.15) is 46.1 Å². The Balaban J connectivity index is 2.55. The van der Waals surface area contributed by atoms with Crippen LogP contribution >= 0.6 is 0 Å². The molecule has 1 aromatic carbocycles. The average Bonchev–Trinajstić information content (AvgIpc) is 2.34. The summed E-state index contributed by atoms with van der Waals surface area (Å²) in [5.41, 5.74) is 5.98. The van der Waals surface area contributed by atoms with Crippen LogP contribution in [0.25, 0.3) is 0 Å². The molecular weight excluding hydrogens is 238 g/mol. The molecule has 0 saturated carbocycles. The van der Waals surface area contributed by atoms with Crippen LogP contribution in [0.5, 0.6) is 5.75 Å². The first-order chi connectivity index (χ1) is 8.76. The Morgan fingerprint density at radius 3 is 2.37 bits per heavy atom. The number of hydrogen-bond acceptors (Lipinski definition) is 3. The standard InChI is InChI=1S/C16H27NO2/c1-15(2,3)13-8-5-6-9-14(13)19-11-7-10-16(4,18)12-17/h5-6,8-9,18H,7,10-12,17H2,1-4H3. The predicted octanol–water partition coefficient (Wildman–Crippen LogP) is 2.85. The molecule has 1 aromatic rings. The summed E-state index contributed by atoms with van der Waals surface area (Å²) in [6, 6.07) is 8.13. The number of hydrogen-bond donors (Lipinski definition) is 2. The van der Waals surface area contributed by atoms with Crippen LogP contribution in [-0.4, -0.2) is 23.9 Å². The zero-order chi connectivity index (χ0) is 14.5. The fourth-order valence-electron chi connectivity index (χ4n) is 1.95. The van der Waals surface area contributed by atoms with E-state index >= 15 is 0 Å². The molecule has 108 valence electrons. The summed E-state index contributed by atoms with van der Waals surface area (Å²) in [7, 11) is 0. The lowest BCUT2D eigenvalue weighted by Gasteiger charge is -2.24.